The first kappa shape index (κ1) is 30.9. The maximum atomic E-state index is 10.5. The molecule has 0 aliphatic carbocycles. The Morgan fingerprint density at radius 3 is 1.61 bits per heavy atom. The van der Waals surface area contributed by atoms with Crippen LogP contribution in [0.25, 0.3) is 0 Å². The number of nitrogen functional groups attached to an aromatic ring is 1. The van der Waals surface area contributed by atoms with Crippen LogP contribution in [0.1, 0.15) is 39.5 Å². The third-order valence-electron chi connectivity index (χ3n) is 6.03. The number of nitrogens with two attached hydrogens (primary N) is 1. The van der Waals surface area contributed by atoms with Gasteiger partial charge in [-0.05, 0) is 95.2 Å². The van der Waals surface area contributed by atoms with Crippen LogP contribution in [0.2, 0.25) is 0 Å². The van der Waals surface area contributed by atoms with Gasteiger partial charge in [0, 0.05) is 37.8 Å². The van der Waals surface area contributed by atoms with E-state index in [0.717, 1.165) is 44.2 Å². The summed E-state index contributed by atoms with van der Waals surface area (Å²) in [6, 6.07) is 13.8. The van der Waals surface area contributed by atoms with Crippen LogP contribution in [-0.2, 0) is 9.53 Å². The van der Waals surface area contributed by atoms with Crippen molar-refractivity contribution < 1.29 is 23.9 Å². The molecule has 0 amide bonds. The number of carbonyl (C=O) groups excluding carboxylic acids is 1. The quantitative estimate of drug-likeness (QED) is 0.206. The fraction of sp³-hybridized carbons (Fsp3) is 0.536. The topological polar surface area (TPSA) is 120 Å². The Hall–Kier alpha value is -3.37. The Morgan fingerprint density at radius 2 is 1.26 bits per heavy atom. The lowest BCUT2D eigenvalue weighted by molar-refractivity contribution is -0.384. The van der Waals surface area contributed by atoms with Gasteiger partial charge in [0.25, 0.3) is 5.69 Å². The SMILES string of the molecule is CCOC(C)=O.Nc1ccc(OCCN2CCCC2)cc1.O=[N+]([O-])c1ccc(OCCN2CCCC2)cc1. The average molecular weight is 531 g/mol. The fourth-order valence-electron chi connectivity index (χ4n) is 4.03. The molecule has 10 heteroatoms. The van der Waals surface area contributed by atoms with Crippen molar-refractivity contribution >= 4 is 17.3 Å². The van der Waals surface area contributed by atoms with Crippen molar-refractivity contribution in [1.29, 1.82) is 0 Å². The lowest BCUT2D eigenvalue weighted by atomic mass is 10.3. The Morgan fingerprint density at radius 1 is 0.842 bits per heavy atom. The Bertz CT molecular complexity index is 927. The summed E-state index contributed by atoms with van der Waals surface area (Å²) < 4.78 is 15.6. The van der Waals surface area contributed by atoms with E-state index in [9.17, 15) is 14.9 Å². The van der Waals surface area contributed by atoms with Crippen molar-refractivity contribution in [3.63, 3.8) is 0 Å². The second-order valence-corrected chi connectivity index (χ2v) is 9.04. The highest BCUT2D eigenvalue weighted by atomic mass is 16.6. The molecule has 38 heavy (non-hydrogen) atoms. The molecule has 0 saturated carbocycles. The van der Waals surface area contributed by atoms with Gasteiger partial charge in [0.15, 0.2) is 0 Å². The summed E-state index contributed by atoms with van der Waals surface area (Å²) >= 11 is 0. The highest BCUT2D eigenvalue weighted by Gasteiger charge is 2.11. The fourth-order valence-corrected chi connectivity index (χ4v) is 4.03. The summed E-state index contributed by atoms with van der Waals surface area (Å²) in [4.78, 5) is 24.7. The van der Waals surface area contributed by atoms with Crippen LogP contribution in [0.5, 0.6) is 11.5 Å². The first-order valence-corrected chi connectivity index (χ1v) is 13.3. The molecule has 0 radical (unpaired) electrons. The van der Waals surface area contributed by atoms with E-state index in [4.69, 9.17) is 15.2 Å². The number of rotatable bonds is 10. The molecule has 2 heterocycles. The zero-order valence-corrected chi connectivity index (χ0v) is 22.7. The molecular formula is C28H42N4O6. The van der Waals surface area contributed by atoms with Gasteiger partial charge in [-0.15, -0.1) is 0 Å². The van der Waals surface area contributed by atoms with E-state index in [2.05, 4.69) is 14.5 Å². The number of non-ortho nitro benzene ring substituents is 1. The number of nitro groups is 1. The highest BCUT2D eigenvalue weighted by molar-refractivity contribution is 5.65. The van der Waals surface area contributed by atoms with Crippen molar-refractivity contribution in [2.75, 3.05) is 64.8 Å². The second kappa shape index (κ2) is 18.0. The largest absolute Gasteiger partial charge is 0.492 e. The number of likely N-dealkylation sites (tertiary alicyclic amines) is 2. The zero-order chi connectivity index (χ0) is 27.6. The van der Waals surface area contributed by atoms with E-state index in [0.29, 0.717) is 19.0 Å². The van der Waals surface area contributed by atoms with E-state index in [1.54, 1.807) is 19.1 Å². The number of anilines is 1. The molecule has 2 saturated heterocycles. The first-order valence-electron chi connectivity index (χ1n) is 13.3. The van der Waals surface area contributed by atoms with Crippen molar-refractivity contribution in [2.45, 2.75) is 39.5 Å². The molecular weight excluding hydrogens is 488 g/mol. The van der Waals surface area contributed by atoms with Crippen LogP contribution in [-0.4, -0.2) is 79.8 Å². The molecule has 0 atom stereocenters. The molecule has 0 spiro atoms. The van der Waals surface area contributed by atoms with E-state index in [1.807, 2.05) is 24.3 Å². The van der Waals surface area contributed by atoms with Gasteiger partial charge in [0.05, 0.1) is 11.5 Å². The average Bonchev–Trinajstić information content (AvgIpc) is 3.61. The van der Waals surface area contributed by atoms with Crippen LogP contribution >= 0.6 is 0 Å². The standard InChI is InChI=1S/C12H16N2O3.C12H18N2O.C4H8O2/c15-14(16)11-3-5-12(6-4-11)17-10-9-13-7-1-2-8-13;13-11-3-5-12(6-4-11)15-10-9-14-7-1-2-8-14;1-3-6-4(2)5/h3-6H,1-2,7-10H2;3-6H,1-2,7-10,13H2;3H2,1-2H3. The minimum atomic E-state index is -0.409. The molecule has 10 nitrogen and oxygen atoms in total. The minimum Gasteiger partial charge on any atom is -0.492 e. The number of carbonyl (C=O) groups is 1. The number of esters is 1. The van der Waals surface area contributed by atoms with Gasteiger partial charge in [-0.25, -0.2) is 0 Å². The van der Waals surface area contributed by atoms with Gasteiger partial charge in [-0.1, -0.05) is 0 Å². The third kappa shape index (κ3) is 13.3. The second-order valence-electron chi connectivity index (χ2n) is 9.04. The van der Waals surface area contributed by atoms with Crippen LogP contribution in [0.3, 0.4) is 0 Å². The normalized spacial score (nSPS) is 15.0. The zero-order valence-electron chi connectivity index (χ0n) is 22.7. The summed E-state index contributed by atoms with van der Waals surface area (Å²) in [7, 11) is 0. The van der Waals surface area contributed by atoms with Crippen molar-refractivity contribution in [1.82, 2.24) is 9.80 Å². The first-order chi connectivity index (χ1) is 18.4. The molecule has 2 aliphatic rings. The summed E-state index contributed by atoms with van der Waals surface area (Å²) in [6.07, 6.45) is 5.22. The number of hydrogen-bond acceptors (Lipinski definition) is 9. The predicted octanol–water partition coefficient (Wildman–Crippen LogP) is 4.38. The molecule has 4 rings (SSSR count). The van der Waals surface area contributed by atoms with Gasteiger partial charge in [-0.3, -0.25) is 24.7 Å². The van der Waals surface area contributed by atoms with Gasteiger partial charge >= 0.3 is 5.97 Å². The van der Waals surface area contributed by atoms with Crippen molar-refractivity contribution in [3.05, 3.63) is 58.6 Å². The summed E-state index contributed by atoms with van der Waals surface area (Å²) in [5.41, 5.74) is 6.46. The van der Waals surface area contributed by atoms with E-state index < -0.39 is 4.92 Å². The van der Waals surface area contributed by atoms with Crippen molar-refractivity contribution in [3.8, 4) is 11.5 Å². The van der Waals surface area contributed by atoms with Gasteiger partial charge in [0.1, 0.15) is 24.7 Å². The number of nitro benzene ring substituents is 1. The Labute approximate surface area is 225 Å². The van der Waals surface area contributed by atoms with Crippen molar-refractivity contribution in [2.24, 2.45) is 0 Å². The summed E-state index contributed by atoms with van der Waals surface area (Å²) in [6.45, 7) is 11.8. The number of ether oxygens (including phenoxy) is 3. The molecule has 2 aliphatic heterocycles. The monoisotopic (exact) mass is 530 g/mol. The maximum Gasteiger partial charge on any atom is 0.302 e. The highest BCUT2D eigenvalue weighted by Crippen LogP contribution is 2.17. The van der Waals surface area contributed by atoms with E-state index >= 15 is 0 Å². The van der Waals surface area contributed by atoms with Crippen LogP contribution < -0.4 is 15.2 Å². The summed E-state index contributed by atoms with van der Waals surface area (Å²) in [5.74, 6) is 1.38. The lowest BCUT2D eigenvalue weighted by Gasteiger charge is -2.14. The van der Waals surface area contributed by atoms with Crippen LogP contribution in [0, 0.1) is 10.1 Å². The smallest absolute Gasteiger partial charge is 0.302 e. The third-order valence-corrected chi connectivity index (χ3v) is 6.03. The molecule has 0 aromatic heterocycles. The Balaban J connectivity index is 0.000000222. The number of benzene rings is 2. The van der Waals surface area contributed by atoms with E-state index in [-0.39, 0.29) is 11.7 Å². The Kier molecular flexibility index (Phi) is 14.6. The number of nitrogens with zero attached hydrogens (tertiary/aromatic N) is 3. The predicted molar refractivity (Wildman–Crippen MR) is 149 cm³/mol. The molecule has 2 aromatic carbocycles. The molecule has 2 aromatic rings. The van der Waals surface area contributed by atoms with E-state index in [1.165, 1.54) is 57.8 Å². The molecule has 0 unspecified atom stereocenters. The van der Waals surface area contributed by atoms with Gasteiger partial charge < -0.3 is 19.9 Å². The summed E-state index contributed by atoms with van der Waals surface area (Å²) in [5, 5.41) is 10.5. The minimum absolute atomic E-state index is 0.0943. The van der Waals surface area contributed by atoms with Gasteiger partial charge in [0.2, 0.25) is 0 Å². The van der Waals surface area contributed by atoms with Crippen LogP contribution in [0.4, 0.5) is 11.4 Å². The van der Waals surface area contributed by atoms with Gasteiger partial charge in [-0.2, -0.15) is 0 Å². The molecule has 2 N–H and O–H groups in total. The molecule has 210 valence electrons. The number of hydrogen-bond donors (Lipinski definition) is 1. The van der Waals surface area contributed by atoms with Crippen LogP contribution in [0.15, 0.2) is 48.5 Å². The maximum absolute atomic E-state index is 10.5. The molecule has 2 fully saturated rings. The lowest BCUT2D eigenvalue weighted by Crippen LogP contribution is -2.25. The molecule has 0 bridgehead atoms.